The lowest BCUT2D eigenvalue weighted by Crippen LogP contribution is -2.01. The lowest BCUT2D eigenvalue weighted by molar-refractivity contribution is 0.0695. The Kier molecular flexibility index (Phi) is 3.18. The first-order valence-corrected chi connectivity index (χ1v) is 5.36. The van der Waals surface area contributed by atoms with E-state index in [0.29, 0.717) is 23.4 Å². The van der Waals surface area contributed by atoms with Gasteiger partial charge >= 0.3 is 5.97 Å². The van der Waals surface area contributed by atoms with Crippen LogP contribution in [0, 0.1) is 0 Å². The zero-order chi connectivity index (χ0) is 12.3. The van der Waals surface area contributed by atoms with Crippen LogP contribution in [0.4, 0.5) is 0 Å². The second kappa shape index (κ2) is 4.78. The van der Waals surface area contributed by atoms with E-state index in [1.54, 1.807) is 24.5 Å². The van der Waals surface area contributed by atoms with Crippen molar-refractivity contribution in [1.82, 2.24) is 10.1 Å². The van der Waals surface area contributed by atoms with Crippen LogP contribution in [0.2, 0.25) is 0 Å². The molecule has 17 heavy (non-hydrogen) atoms. The molecule has 0 amide bonds. The molecule has 0 saturated heterocycles. The molecule has 0 aliphatic heterocycles. The second-order valence-electron chi connectivity index (χ2n) is 3.63. The van der Waals surface area contributed by atoms with Gasteiger partial charge in [0.25, 0.3) is 0 Å². The monoisotopic (exact) mass is 232 g/mol. The molecule has 0 aromatic carbocycles. The summed E-state index contributed by atoms with van der Waals surface area (Å²) in [6.07, 6.45) is 4.56. The maximum Gasteiger partial charge on any atom is 0.341 e. The fourth-order valence-corrected chi connectivity index (χ4v) is 1.64. The molecule has 2 heterocycles. The highest BCUT2D eigenvalue weighted by Gasteiger charge is 2.22. The Hall–Kier alpha value is -2.17. The van der Waals surface area contributed by atoms with Crippen LogP contribution in [0.5, 0.6) is 0 Å². The van der Waals surface area contributed by atoms with Crippen molar-refractivity contribution in [3.8, 4) is 11.3 Å². The summed E-state index contributed by atoms with van der Waals surface area (Å²) >= 11 is 0. The zero-order valence-electron chi connectivity index (χ0n) is 9.38. The molecular weight excluding hydrogens is 220 g/mol. The molecule has 0 spiro atoms. The Balaban J connectivity index is 2.52. The minimum Gasteiger partial charge on any atom is -0.477 e. The average Bonchev–Trinajstić information content (AvgIpc) is 2.74. The van der Waals surface area contributed by atoms with Gasteiger partial charge in [-0.25, -0.2) is 4.79 Å². The number of carboxylic acids is 1. The van der Waals surface area contributed by atoms with E-state index in [-0.39, 0.29) is 5.56 Å². The van der Waals surface area contributed by atoms with Crippen molar-refractivity contribution in [1.29, 1.82) is 0 Å². The fraction of sp³-hybridized carbons (Fsp3) is 0.250. The Bertz CT molecular complexity index is 520. The lowest BCUT2D eigenvalue weighted by Gasteiger charge is -1.97. The topological polar surface area (TPSA) is 76.2 Å². The minimum absolute atomic E-state index is 0.139. The molecular formula is C12H12N2O3. The number of hydrogen-bond acceptors (Lipinski definition) is 4. The van der Waals surface area contributed by atoms with Crippen LogP contribution < -0.4 is 0 Å². The van der Waals surface area contributed by atoms with E-state index < -0.39 is 5.97 Å². The third kappa shape index (κ3) is 2.18. The number of carboxylic acid groups (broad SMARTS) is 1. The summed E-state index contributed by atoms with van der Waals surface area (Å²) in [4.78, 5) is 15.2. The van der Waals surface area contributed by atoms with Gasteiger partial charge in [0.1, 0.15) is 11.3 Å². The van der Waals surface area contributed by atoms with Gasteiger partial charge in [-0.3, -0.25) is 4.98 Å². The molecule has 0 radical (unpaired) electrons. The Morgan fingerprint density at radius 3 is 2.94 bits per heavy atom. The Morgan fingerprint density at radius 2 is 2.35 bits per heavy atom. The Morgan fingerprint density at radius 1 is 1.53 bits per heavy atom. The molecule has 0 aliphatic rings. The van der Waals surface area contributed by atoms with E-state index in [0.717, 1.165) is 6.42 Å². The molecule has 1 N–H and O–H groups in total. The summed E-state index contributed by atoms with van der Waals surface area (Å²) in [7, 11) is 0. The highest BCUT2D eigenvalue weighted by Crippen LogP contribution is 2.25. The highest BCUT2D eigenvalue weighted by molar-refractivity contribution is 5.95. The molecule has 0 aliphatic carbocycles. The minimum atomic E-state index is -1.02. The number of rotatable bonds is 4. The predicted octanol–water partition coefficient (Wildman–Crippen LogP) is 2.39. The first-order valence-electron chi connectivity index (χ1n) is 5.36. The zero-order valence-corrected chi connectivity index (χ0v) is 9.38. The number of nitrogens with zero attached hydrogens (tertiary/aromatic N) is 2. The number of carbonyl (C=O) groups is 1. The van der Waals surface area contributed by atoms with Crippen molar-refractivity contribution in [2.75, 3.05) is 0 Å². The van der Waals surface area contributed by atoms with Crippen LogP contribution in [0.15, 0.2) is 29.0 Å². The normalized spacial score (nSPS) is 10.4. The third-order valence-corrected chi connectivity index (χ3v) is 2.39. The van der Waals surface area contributed by atoms with Gasteiger partial charge in [-0.05, 0) is 18.6 Å². The van der Waals surface area contributed by atoms with Crippen molar-refractivity contribution in [2.45, 2.75) is 19.8 Å². The van der Waals surface area contributed by atoms with Crippen LogP contribution >= 0.6 is 0 Å². The molecule has 2 aromatic heterocycles. The van der Waals surface area contributed by atoms with Crippen LogP contribution in [0.3, 0.4) is 0 Å². The predicted molar refractivity (Wildman–Crippen MR) is 60.7 cm³/mol. The van der Waals surface area contributed by atoms with E-state index in [2.05, 4.69) is 10.1 Å². The number of hydrogen-bond donors (Lipinski definition) is 1. The third-order valence-electron chi connectivity index (χ3n) is 2.39. The molecule has 5 heteroatoms. The van der Waals surface area contributed by atoms with Crippen LogP contribution in [-0.4, -0.2) is 21.2 Å². The van der Waals surface area contributed by atoms with E-state index in [1.807, 2.05) is 6.92 Å². The highest BCUT2D eigenvalue weighted by atomic mass is 16.5. The van der Waals surface area contributed by atoms with Gasteiger partial charge in [-0.2, -0.15) is 0 Å². The van der Waals surface area contributed by atoms with E-state index in [9.17, 15) is 9.90 Å². The molecule has 0 unspecified atom stereocenters. The molecule has 2 rings (SSSR count). The molecule has 88 valence electrons. The van der Waals surface area contributed by atoms with Gasteiger partial charge in [0, 0.05) is 24.4 Å². The number of aromatic nitrogens is 2. The van der Waals surface area contributed by atoms with Gasteiger partial charge in [0.05, 0.1) is 0 Å². The van der Waals surface area contributed by atoms with E-state index in [1.165, 1.54) is 0 Å². The fourth-order valence-electron chi connectivity index (χ4n) is 1.64. The van der Waals surface area contributed by atoms with Gasteiger partial charge in [0.2, 0.25) is 0 Å². The van der Waals surface area contributed by atoms with E-state index in [4.69, 9.17) is 4.52 Å². The van der Waals surface area contributed by atoms with Gasteiger partial charge in [0.15, 0.2) is 5.76 Å². The SMILES string of the molecule is CCCc1onc(-c2cccnc2)c1C(=O)O. The van der Waals surface area contributed by atoms with Crippen LogP contribution in [-0.2, 0) is 6.42 Å². The summed E-state index contributed by atoms with van der Waals surface area (Å²) < 4.78 is 5.09. The number of pyridine rings is 1. The standard InChI is InChI=1S/C12H12N2O3/c1-2-4-9-10(12(15)16)11(14-17-9)8-5-3-6-13-7-8/h3,5-7H,2,4H2,1H3,(H,15,16). The number of aryl methyl sites for hydroxylation is 1. The van der Waals surface area contributed by atoms with Crippen molar-refractivity contribution >= 4 is 5.97 Å². The largest absolute Gasteiger partial charge is 0.477 e. The van der Waals surface area contributed by atoms with E-state index >= 15 is 0 Å². The lowest BCUT2D eigenvalue weighted by atomic mass is 10.1. The quantitative estimate of drug-likeness (QED) is 0.875. The molecule has 5 nitrogen and oxygen atoms in total. The first-order chi connectivity index (χ1) is 8.24. The van der Waals surface area contributed by atoms with Crippen molar-refractivity contribution in [3.63, 3.8) is 0 Å². The summed E-state index contributed by atoms with van der Waals surface area (Å²) in [6, 6.07) is 3.49. The van der Waals surface area contributed by atoms with Crippen molar-refractivity contribution in [3.05, 3.63) is 35.9 Å². The maximum absolute atomic E-state index is 11.2. The molecule has 0 atom stereocenters. The summed E-state index contributed by atoms with van der Waals surface area (Å²) in [5.41, 5.74) is 1.13. The smallest absolute Gasteiger partial charge is 0.341 e. The molecule has 0 saturated carbocycles. The average molecular weight is 232 g/mol. The summed E-state index contributed by atoms with van der Waals surface area (Å²) in [5.74, 6) is -0.604. The van der Waals surface area contributed by atoms with Crippen molar-refractivity contribution < 1.29 is 14.4 Å². The maximum atomic E-state index is 11.2. The summed E-state index contributed by atoms with van der Waals surface area (Å²) in [5, 5.41) is 13.0. The first kappa shape index (κ1) is 11.3. The van der Waals surface area contributed by atoms with Crippen molar-refractivity contribution in [2.24, 2.45) is 0 Å². The second-order valence-corrected chi connectivity index (χ2v) is 3.63. The van der Waals surface area contributed by atoms with Gasteiger partial charge in [-0.1, -0.05) is 12.1 Å². The summed E-state index contributed by atoms with van der Waals surface area (Å²) in [6.45, 7) is 1.96. The van der Waals surface area contributed by atoms with Crippen LogP contribution in [0.25, 0.3) is 11.3 Å². The molecule has 0 bridgehead atoms. The van der Waals surface area contributed by atoms with Crippen LogP contribution in [0.1, 0.15) is 29.5 Å². The Labute approximate surface area is 98.1 Å². The molecule has 2 aromatic rings. The van der Waals surface area contributed by atoms with Gasteiger partial charge < -0.3 is 9.63 Å². The van der Waals surface area contributed by atoms with Gasteiger partial charge in [-0.15, -0.1) is 0 Å². The number of aromatic carboxylic acids is 1. The molecule has 0 fully saturated rings.